The summed E-state index contributed by atoms with van der Waals surface area (Å²) in [6, 6.07) is 4.89. The fraction of sp³-hybridized carbons (Fsp3) is 0.500. The van der Waals surface area contributed by atoms with Gasteiger partial charge in [0.25, 0.3) is 0 Å². The Morgan fingerprint density at radius 3 is 2.72 bits per heavy atom. The summed E-state index contributed by atoms with van der Waals surface area (Å²) in [4.78, 5) is -0.283. The van der Waals surface area contributed by atoms with E-state index in [4.69, 9.17) is 0 Å². The quantitative estimate of drug-likeness (QED) is 0.764. The standard InChI is InChI=1S/C12H17FN2O2S/c1-9-3-2-4-11(12(9)13)18(16,17)15-8-7-14-10-5-6-10/h2-4,10,14-15H,5-8H2,1H3. The maximum atomic E-state index is 13.7. The second-order valence-electron chi connectivity index (χ2n) is 4.51. The molecule has 0 saturated heterocycles. The number of nitrogens with one attached hydrogen (secondary N) is 2. The Morgan fingerprint density at radius 1 is 1.33 bits per heavy atom. The molecule has 1 aliphatic rings. The monoisotopic (exact) mass is 272 g/mol. The Balaban J connectivity index is 1.98. The summed E-state index contributed by atoms with van der Waals surface area (Å²) in [5, 5.41) is 3.19. The first-order valence-electron chi connectivity index (χ1n) is 5.99. The average Bonchev–Trinajstić information content (AvgIpc) is 3.12. The fourth-order valence-corrected chi connectivity index (χ4v) is 2.84. The van der Waals surface area contributed by atoms with Gasteiger partial charge in [-0.2, -0.15) is 0 Å². The molecule has 100 valence electrons. The molecule has 0 bridgehead atoms. The molecule has 0 radical (unpaired) electrons. The van der Waals surface area contributed by atoms with Crippen molar-refractivity contribution in [3.63, 3.8) is 0 Å². The average molecular weight is 272 g/mol. The van der Waals surface area contributed by atoms with Crippen molar-refractivity contribution >= 4 is 10.0 Å². The van der Waals surface area contributed by atoms with Gasteiger partial charge in [-0.1, -0.05) is 12.1 Å². The Hall–Kier alpha value is -0.980. The molecule has 1 saturated carbocycles. The number of hydrogen-bond acceptors (Lipinski definition) is 3. The number of benzene rings is 1. The van der Waals surface area contributed by atoms with Crippen molar-refractivity contribution in [2.24, 2.45) is 0 Å². The zero-order valence-corrected chi connectivity index (χ0v) is 11.1. The molecule has 2 rings (SSSR count). The van der Waals surface area contributed by atoms with Crippen LogP contribution in [0, 0.1) is 12.7 Å². The fourth-order valence-electron chi connectivity index (χ4n) is 1.65. The van der Waals surface area contributed by atoms with E-state index < -0.39 is 15.8 Å². The molecule has 0 spiro atoms. The van der Waals surface area contributed by atoms with Gasteiger partial charge in [-0.05, 0) is 31.4 Å². The summed E-state index contributed by atoms with van der Waals surface area (Å²) in [7, 11) is -3.76. The van der Waals surface area contributed by atoms with Crippen LogP contribution in [0.3, 0.4) is 0 Å². The van der Waals surface area contributed by atoms with E-state index in [2.05, 4.69) is 10.0 Å². The van der Waals surface area contributed by atoms with E-state index in [9.17, 15) is 12.8 Å². The normalized spacial score (nSPS) is 15.9. The summed E-state index contributed by atoms with van der Waals surface area (Å²) in [6.07, 6.45) is 2.30. The smallest absolute Gasteiger partial charge is 0.243 e. The first-order chi connectivity index (χ1) is 8.50. The Labute approximate surface area is 107 Å². The molecule has 0 aliphatic heterocycles. The lowest BCUT2D eigenvalue weighted by Gasteiger charge is -2.09. The molecule has 0 aromatic heterocycles. The van der Waals surface area contributed by atoms with Gasteiger partial charge in [0.2, 0.25) is 10.0 Å². The molecular formula is C12H17FN2O2S. The van der Waals surface area contributed by atoms with E-state index in [1.165, 1.54) is 12.1 Å². The van der Waals surface area contributed by atoms with Crippen LogP contribution in [0.4, 0.5) is 4.39 Å². The largest absolute Gasteiger partial charge is 0.313 e. The van der Waals surface area contributed by atoms with E-state index in [0.717, 1.165) is 12.8 Å². The summed E-state index contributed by atoms with van der Waals surface area (Å²) >= 11 is 0. The van der Waals surface area contributed by atoms with Crippen molar-refractivity contribution in [3.05, 3.63) is 29.6 Å². The van der Waals surface area contributed by atoms with Crippen molar-refractivity contribution in [2.75, 3.05) is 13.1 Å². The van der Waals surface area contributed by atoms with Crippen molar-refractivity contribution < 1.29 is 12.8 Å². The van der Waals surface area contributed by atoms with Crippen LogP contribution < -0.4 is 10.0 Å². The van der Waals surface area contributed by atoms with Gasteiger partial charge in [-0.15, -0.1) is 0 Å². The SMILES string of the molecule is Cc1cccc(S(=O)(=O)NCCNC2CC2)c1F. The summed E-state index contributed by atoms with van der Waals surface area (Å²) in [6.45, 7) is 2.38. The maximum absolute atomic E-state index is 13.7. The molecule has 4 nitrogen and oxygen atoms in total. The molecule has 6 heteroatoms. The van der Waals surface area contributed by atoms with Gasteiger partial charge in [0, 0.05) is 19.1 Å². The van der Waals surface area contributed by atoms with Crippen LogP contribution >= 0.6 is 0 Å². The van der Waals surface area contributed by atoms with Gasteiger partial charge in [0.05, 0.1) is 0 Å². The summed E-state index contributed by atoms with van der Waals surface area (Å²) in [5.74, 6) is -0.680. The van der Waals surface area contributed by atoms with Gasteiger partial charge >= 0.3 is 0 Å². The number of sulfonamides is 1. The second kappa shape index (κ2) is 5.34. The third-order valence-electron chi connectivity index (χ3n) is 2.87. The van der Waals surface area contributed by atoms with E-state index in [-0.39, 0.29) is 11.4 Å². The van der Waals surface area contributed by atoms with Crippen LogP contribution in [0.25, 0.3) is 0 Å². The van der Waals surface area contributed by atoms with Crippen LogP contribution in [0.5, 0.6) is 0 Å². The molecule has 1 aromatic carbocycles. The van der Waals surface area contributed by atoms with E-state index in [0.29, 0.717) is 18.2 Å². The number of rotatable bonds is 6. The van der Waals surface area contributed by atoms with Gasteiger partial charge < -0.3 is 5.32 Å². The van der Waals surface area contributed by atoms with Crippen LogP contribution in [-0.4, -0.2) is 27.5 Å². The van der Waals surface area contributed by atoms with E-state index in [1.54, 1.807) is 13.0 Å². The van der Waals surface area contributed by atoms with Crippen molar-refractivity contribution in [1.29, 1.82) is 0 Å². The predicted octanol–water partition coefficient (Wildman–Crippen LogP) is 1.16. The van der Waals surface area contributed by atoms with Crippen LogP contribution in [0.1, 0.15) is 18.4 Å². The third-order valence-corrected chi connectivity index (χ3v) is 4.35. The Morgan fingerprint density at radius 2 is 2.06 bits per heavy atom. The van der Waals surface area contributed by atoms with Gasteiger partial charge in [0.15, 0.2) is 0 Å². The lowest BCUT2D eigenvalue weighted by Crippen LogP contribution is -2.33. The molecule has 1 fully saturated rings. The molecule has 1 aromatic rings. The molecule has 0 amide bonds. The number of hydrogen-bond donors (Lipinski definition) is 2. The van der Waals surface area contributed by atoms with Gasteiger partial charge in [0.1, 0.15) is 10.7 Å². The molecule has 18 heavy (non-hydrogen) atoms. The van der Waals surface area contributed by atoms with Crippen molar-refractivity contribution in [3.8, 4) is 0 Å². The summed E-state index contributed by atoms with van der Waals surface area (Å²) < 4.78 is 39.9. The second-order valence-corrected chi connectivity index (χ2v) is 6.25. The highest BCUT2D eigenvalue weighted by atomic mass is 32.2. The number of halogens is 1. The van der Waals surface area contributed by atoms with E-state index in [1.807, 2.05) is 0 Å². The molecule has 0 atom stereocenters. The first kappa shape index (κ1) is 13.5. The van der Waals surface area contributed by atoms with Gasteiger partial charge in [-0.3, -0.25) is 0 Å². The molecule has 1 aliphatic carbocycles. The van der Waals surface area contributed by atoms with Crippen LogP contribution in [0.15, 0.2) is 23.1 Å². The lowest BCUT2D eigenvalue weighted by molar-refractivity contribution is 0.550. The molecule has 0 heterocycles. The number of aryl methyl sites for hydroxylation is 1. The summed E-state index contributed by atoms with van der Waals surface area (Å²) in [5.41, 5.74) is 0.328. The van der Waals surface area contributed by atoms with E-state index >= 15 is 0 Å². The topological polar surface area (TPSA) is 58.2 Å². The highest BCUT2D eigenvalue weighted by Gasteiger charge is 2.21. The lowest BCUT2D eigenvalue weighted by atomic mass is 10.2. The first-order valence-corrected chi connectivity index (χ1v) is 7.47. The maximum Gasteiger partial charge on any atom is 0.243 e. The molecular weight excluding hydrogens is 255 g/mol. The zero-order valence-electron chi connectivity index (χ0n) is 10.2. The van der Waals surface area contributed by atoms with Crippen LogP contribution in [0.2, 0.25) is 0 Å². The molecule has 0 unspecified atom stereocenters. The highest BCUT2D eigenvalue weighted by molar-refractivity contribution is 7.89. The van der Waals surface area contributed by atoms with Gasteiger partial charge in [-0.25, -0.2) is 17.5 Å². The van der Waals surface area contributed by atoms with Crippen molar-refractivity contribution in [1.82, 2.24) is 10.0 Å². The minimum absolute atomic E-state index is 0.270. The minimum atomic E-state index is -3.76. The minimum Gasteiger partial charge on any atom is -0.313 e. The third kappa shape index (κ3) is 3.28. The van der Waals surface area contributed by atoms with Crippen molar-refractivity contribution in [2.45, 2.75) is 30.7 Å². The predicted molar refractivity (Wildman–Crippen MR) is 67.4 cm³/mol. The highest BCUT2D eigenvalue weighted by Crippen LogP contribution is 2.18. The Bertz CT molecular complexity index is 527. The molecule has 2 N–H and O–H groups in total. The zero-order chi connectivity index (χ0) is 13.2. The van der Waals surface area contributed by atoms with Crippen LogP contribution in [-0.2, 0) is 10.0 Å². The Kier molecular flexibility index (Phi) is 3.99.